The van der Waals surface area contributed by atoms with Gasteiger partial charge in [0.25, 0.3) is 0 Å². The van der Waals surface area contributed by atoms with Gasteiger partial charge in [-0.05, 0) is 13.0 Å². The van der Waals surface area contributed by atoms with Gasteiger partial charge in [0.1, 0.15) is 11.8 Å². The number of nitrogens with one attached hydrogen (secondary N) is 1. The van der Waals surface area contributed by atoms with Gasteiger partial charge in [0.2, 0.25) is 5.95 Å². The smallest absolute Gasteiger partial charge is 0.228 e. The molecule has 0 aliphatic rings. The quantitative estimate of drug-likeness (QED) is 0.810. The molecule has 0 saturated heterocycles. The van der Waals surface area contributed by atoms with Crippen molar-refractivity contribution in [3.8, 4) is 6.07 Å². The SMILES string of the molecule is Cc1nn(C)cc1Nc1nccc(C#N)n1. The van der Waals surface area contributed by atoms with Crippen LogP contribution in [0.5, 0.6) is 0 Å². The summed E-state index contributed by atoms with van der Waals surface area (Å²) in [6, 6.07) is 3.52. The van der Waals surface area contributed by atoms with Crippen LogP contribution >= 0.6 is 0 Å². The van der Waals surface area contributed by atoms with Gasteiger partial charge in [0, 0.05) is 19.4 Å². The standard InChI is InChI=1S/C10H10N6/c1-7-9(6-16(2)15-7)14-10-12-4-3-8(5-11)13-10/h3-4,6H,1-2H3,(H,12,13,14). The first-order valence-electron chi connectivity index (χ1n) is 4.69. The van der Waals surface area contributed by atoms with Crippen LogP contribution in [0.15, 0.2) is 18.5 Å². The molecule has 0 saturated carbocycles. The van der Waals surface area contributed by atoms with E-state index in [1.165, 1.54) is 0 Å². The summed E-state index contributed by atoms with van der Waals surface area (Å²) in [5.74, 6) is 0.398. The Balaban J connectivity index is 2.27. The largest absolute Gasteiger partial charge is 0.321 e. The fourth-order valence-corrected chi connectivity index (χ4v) is 1.32. The van der Waals surface area contributed by atoms with E-state index in [4.69, 9.17) is 5.26 Å². The maximum Gasteiger partial charge on any atom is 0.228 e. The lowest BCUT2D eigenvalue weighted by atomic mass is 10.4. The zero-order valence-electron chi connectivity index (χ0n) is 8.97. The topological polar surface area (TPSA) is 79.4 Å². The van der Waals surface area contributed by atoms with Crippen molar-refractivity contribution in [3.05, 3.63) is 29.8 Å². The number of nitrogens with zero attached hydrogens (tertiary/aromatic N) is 5. The molecule has 0 spiro atoms. The lowest BCUT2D eigenvalue weighted by Crippen LogP contribution is -1.98. The minimum absolute atomic E-state index is 0.332. The van der Waals surface area contributed by atoms with Crippen LogP contribution < -0.4 is 5.32 Å². The molecular formula is C10H10N6. The molecule has 1 N–H and O–H groups in total. The molecule has 2 aromatic rings. The third-order valence-corrected chi connectivity index (χ3v) is 2.03. The number of hydrogen-bond acceptors (Lipinski definition) is 5. The minimum atomic E-state index is 0.332. The molecule has 0 unspecified atom stereocenters. The van der Waals surface area contributed by atoms with E-state index in [9.17, 15) is 0 Å². The minimum Gasteiger partial charge on any atom is -0.321 e. The summed E-state index contributed by atoms with van der Waals surface area (Å²) in [7, 11) is 1.84. The third kappa shape index (κ3) is 1.98. The zero-order chi connectivity index (χ0) is 11.5. The molecular weight excluding hydrogens is 204 g/mol. The van der Waals surface area contributed by atoms with Gasteiger partial charge < -0.3 is 5.32 Å². The van der Waals surface area contributed by atoms with Gasteiger partial charge in [-0.1, -0.05) is 0 Å². The maximum atomic E-state index is 8.70. The number of nitriles is 1. The summed E-state index contributed by atoms with van der Waals surface area (Å²) < 4.78 is 1.70. The number of anilines is 2. The van der Waals surface area contributed by atoms with Crippen molar-refractivity contribution in [2.45, 2.75) is 6.92 Å². The van der Waals surface area contributed by atoms with Gasteiger partial charge >= 0.3 is 0 Å². The molecule has 0 atom stereocenters. The second-order valence-corrected chi connectivity index (χ2v) is 3.30. The molecule has 2 rings (SSSR count). The Morgan fingerprint density at radius 3 is 2.94 bits per heavy atom. The van der Waals surface area contributed by atoms with Crippen molar-refractivity contribution in [2.75, 3.05) is 5.32 Å². The summed E-state index contributed by atoms with van der Waals surface area (Å²) in [6.07, 6.45) is 3.37. The van der Waals surface area contributed by atoms with Crippen LogP contribution in [0.3, 0.4) is 0 Å². The Hall–Kier alpha value is -2.42. The van der Waals surface area contributed by atoms with Crippen LogP contribution in [0.4, 0.5) is 11.6 Å². The van der Waals surface area contributed by atoms with Crippen LogP contribution in [0.1, 0.15) is 11.4 Å². The summed E-state index contributed by atoms with van der Waals surface area (Å²) in [5.41, 5.74) is 2.02. The summed E-state index contributed by atoms with van der Waals surface area (Å²) in [5, 5.41) is 15.9. The molecule has 0 aliphatic heterocycles. The Kier molecular flexibility index (Phi) is 2.52. The normalized spacial score (nSPS) is 9.81. The summed E-state index contributed by atoms with van der Waals surface area (Å²) in [6.45, 7) is 1.89. The van der Waals surface area contributed by atoms with E-state index in [2.05, 4.69) is 20.4 Å². The van der Waals surface area contributed by atoms with E-state index in [0.717, 1.165) is 11.4 Å². The van der Waals surface area contributed by atoms with E-state index in [0.29, 0.717) is 11.6 Å². The van der Waals surface area contributed by atoms with E-state index in [1.54, 1.807) is 16.9 Å². The van der Waals surface area contributed by atoms with Crippen molar-refractivity contribution in [1.82, 2.24) is 19.7 Å². The van der Waals surface area contributed by atoms with Crippen molar-refractivity contribution in [2.24, 2.45) is 7.05 Å². The van der Waals surface area contributed by atoms with Crippen molar-refractivity contribution in [1.29, 1.82) is 5.26 Å². The zero-order valence-corrected chi connectivity index (χ0v) is 8.97. The molecule has 0 fully saturated rings. The number of hydrogen-bond donors (Lipinski definition) is 1. The predicted molar refractivity (Wildman–Crippen MR) is 58.0 cm³/mol. The molecule has 0 amide bonds. The Morgan fingerprint density at radius 1 is 1.50 bits per heavy atom. The number of aryl methyl sites for hydroxylation is 2. The number of rotatable bonds is 2. The van der Waals surface area contributed by atoms with Crippen LogP contribution in [0.25, 0.3) is 0 Å². The van der Waals surface area contributed by atoms with Crippen molar-refractivity contribution < 1.29 is 0 Å². The van der Waals surface area contributed by atoms with Crippen LogP contribution in [0, 0.1) is 18.3 Å². The van der Waals surface area contributed by atoms with E-state index in [-0.39, 0.29) is 0 Å². The highest BCUT2D eigenvalue weighted by Crippen LogP contribution is 2.15. The maximum absolute atomic E-state index is 8.70. The van der Waals surface area contributed by atoms with Crippen molar-refractivity contribution >= 4 is 11.6 Å². The molecule has 0 aromatic carbocycles. The van der Waals surface area contributed by atoms with Gasteiger partial charge in [0.05, 0.1) is 11.4 Å². The molecule has 2 aromatic heterocycles. The molecule has 6 heteroatoms. The predicted octanol–water partition coefficient (Wildman–Crippen LogP) is 1.13. The lowest BCUT2D eigenvalue weighted by Gasteiger charge is -2.01. The van der Waals surface area contributed by atoms with Gasteiger partial charge in [-0.2, -0.15) is 10.4 Å². The second kappa shape index (κ2) is 3.98. The fraction of sp³-hybridized carbons (Fsp3) is 0.200. The fourth-order valence-electron chi connectivity index (χ4n) is 1.32. The van der Waals surface area contributed by atoms with E-state index < -0.39 is 0 Å². The first kappa shape index (κ1) is 10.1. The molecule has 2 heterocycles. The van der Waals surface area contributed by atoms with Gasteiger partial charge in [-0.15, -0.1) is 0 Å². The third-order valence-electron chi connectivity index (χ3n) is 2.03. The lowest BCUT2D eigenvalue weighted by molar-refractivity contribution is 0.756. The average Bonchev–Trinajstić information content (AvgIpc) is 2.58. The Labute approximate surface area is 92.6 Å². The van der Waals surface area contributed by atoms with E-state index >= 15 is 0 Å². The van der Waals surface area contributed by atoms with Gasteiger partial charge in [-0.3, -0.25) is 4.68 Å². The van der Waals surface area contributed by atoms with Gasteiger partial charge in [0.15, 0.2) is 0 Å². The van der Waals surface area contributed by atoms with E-state index in [1.807, 2.05) is 26.2 Å². The van der Waals surface area contributed by atoms with Crippen LogP contribution in [0.2, 0.25) is 0 Å². The van der Waals surface area contributed by atoms with Crippen LogP contribution in [-0.2, 0) is 7.05 Å². The monoisotopic (exact) mass is 214 g/mol. The highest BCUT2D eigenvalue weighted by Gasteiger charge is 2.05. The summed E-state index contributed by atoms with van der Waals surface area (Å²) in [4.78, 5) is 8.04. The van der Waals surface area contributed by atoms with Crippen molar-refractivity contribution in [3.63, 3.8) is 0 Å². The Morgan fingerprint density at radius 2 is 2.31 bits per heavy atom. The molecule has 16 heavy (non-hydrogen) atoms. The Bertz CT molecular complexity index is 551. The number of aromatic nitrogens is 4. The average molecular weight is 214 g/mol. The van der Waals surface area contributed by atoms with Crippen LogP contribution in [-0.4, -0.2) is 19.7 Å². The second-order valence-electron chi connectivity index (χ2n) is 3.30. The first-order valence-corrected chi connectivity index (χ1v) is 4.69. The highest BCUT2D eigenvalue weighted by molar-refractivity contribution is 5.55. The first-order chi connectivity index (χ1) is 7.69. The highest BCUT2D eigenvalue weighted by atomic mass is 15.3. The summed E-state index contributed by atoms with van der Waals surface area (Å²) >= 11 is 0. The van der Waals surface area contributed by atoms with Gasteiger partial charge in [-0.25, -0.2) is 9.97 Å². The molecule has 80 valence electrons. The molecule has 0 aliphatic carbocycles. The molecule has 0 bridgehead atoms. The molecule has 6 nitrogen and oxygen atoms in total. The molecule has 0 radical (unpaired) electrons.